The van der Waals surface area contributed by atoms with Gasteiger partial charge in [0.05, 0.1) is 22.5 Å². The van der Waals surface area contributed by atoms with Crippen LogP contribution in [0, 0.1) is 5.82 Å². The summed E-state index contributed by atoms with van der Waals surface area (Å²) >= 11 is 0. The molecule has 1 saturated carbocycles. The maximum Gasteiger partial charge on any atom is 0.296 e. The average molecular weight is 292 g/mol. The summed E-state index contributed by atoms with van der Waals surface area (Å²) in [7, 11) is 1.69. The zero-order valence-electron chi connectivity index (χ0n) is 11.8. The molecule has 1 heterocycles. The molecular weight excluding hydrogens is 275 g/mol. The van der Waals surface area contributed by atoms with E-state index in [4.69, 9.17) is 0 Å². The molecule has 6 heteroatoms. The molecule has 0 spiro atoms. The highest BCUT2D eigenvalue weighted by molar-refractivity contribution is 6.51. The maximum absolute atomic E-state index is 14.2. The van der Waals surface area contributed by atoms with E-state index in [2.05, 4.69) is 5.32 Å². The average Bonchev–Trinajstić information content (AvgIpc) is 2.95. The fourth-order valence-corrected chi connectivity index (χ4v) is 3.16. The number of halogens is 1. The first-order valence-corrected chi connectivity index (χ1v) is 7.02. The summed E-state index contributed by atoms with van der Waals surface area (Å²) in [6.07, 6.45) is 3.36. The number of aliphatic hydroxyl groups is 1. The number of ketones is 1. The van der Waals surface area contributed by atoms with Gasteiger partial charge in [-0.05, 0) is 25.0 Å². The fourth-order valence-electron chi connectivity index (χ4n) is 3.16. The summed E-state index contributed by atoms with van der Waals surface area (Å²) in [5.74, 6) is -2.02. The Bertz CT molecular complexity index is 624. The summed E-state index contributed by atoms with van der Waals surface area (Å²) in [5.41, 5.74) is -0.135. The van der Waals surface area contributed by atoms with Crippen LogP contribution in [-0.2, 0) is 4.79 Å². The lowest BCUT2D eigenvalue weighted by molar-refractivity contribution is -0.112. The number of anilines is 2. The van der Waals surface area contributed by atoms with Gasteiger partial charge in [-0.2, -0.15) is 0 Å². The van der Waals surface area contributed by atoms with Gasteiger partial charge in [0.25, 0.3) is 11.7 Å². The lowest BCUT2D eigenvalue weighted by Gasteiger charge is -2.30. The lowest BCUT2D eigenvalue weighted by Crippen LogP contribution is -2.39. The SMILES string of the molecule is CN(CC1(O)CCCC1)c1cc2c(cc1F)C(=O)C(=O)N2. The molecule has 0 unspecified atom stereocenters. The Kier molecular flexibility index (Phi) is 3.20. The van der Waals surface area contributed by atoms with Gasteiger partial charge < -0.3 is 15.3 Å². The minimum Gasteiger partial charge on any atom is -0.388 e. The van der Waals surface area contributed by atoms with Crippen LogP contribution in [0.2, 0.25) is 0 Å². The van der Waals surface area contributed by atoms with Crippen molar-refractivity contribution >= 4 is 23.1 Å². The Labute approximate surface area is 121 Å². The van der Waals surface area contributed by atoms with Crippen molar-refractivity contribution < 1.29 is 19.1 Å². The molecule has 1 aliphatic carbocycles. The summed E-state index contributed by atoms with van der Waals surface area (Å²) < 4.78 is 14.2. The number of nitrogens with zero attached hydrogens (tertiary/aromatic N) is 1. The highest BCUT2D eigenvalue weighted by atomic mass is 19.1. The first-order chi connectivity index (χ1) is 9.89. The van der Waals surface area contributed by atoms with Crippen LogP contribution in [0.1, 0.15) is 36.0 Å². The number of nitrogens with one attached hydrogen (secondary N) is 1. The van der Waals surface area contributed by atoms with Crippen molar-refractivity contribution in [1.82, 2.24) is 0 Å². The van der Waals surface area contributed by atoms with Crippen molar-refractivity contribution in [1.29, 1.82) is 0 Å². The Hall–Kier alpha value is -1.95. The first kappa shape index (κ1) is 14.0. The normalized spacial score (nSPS) is 19.6. The summed E-state index contributed by atoms with van der Waals surface area (Å²) in [6, 6.07) is 2.53. The van der Waals surface area contributed by atoms with Crippen LogP contribution in [0.3, 0.4) is 0 Å². The molecule has 1 aromatic rings. The van der Waals surface area contributed by atoms with Gasteiger partial charge in [0.15, 0.2) is 0 Å². The van der Waals surface area contributed by atoms with Gasteiger partial charge in [0, 0.05) is 13.6 Å². The molecule has 5 nitrogen and oxygen atoms in total. The van der Waals surface area contributed by atoms with Crippen molar-refractivity contribution in [2.75, 3.05) is 23.8 Å². The van der Waals surface area contributed by atoms with E-state index in [1.807, 2.05) is 0 Å². The number of carbonyl (C=O) groups excluding carboxylic acids is 2. The Balaban J connectivity index is 1.88. The monoisotopic (exact) mass is 292 g/mol. The topological polar surface area (TPSA) is 69.6 Å². The van der Waals surface area contributed by atoms with Crippen molar-refractivity contribution in [2.24, 2.45) is 0 Å². The fraction of sp³-hybridized carbons (Fsp3) is 0.467. The standard InChI is InChI=1S/C15H17FN2O3/c1-18(8-15(21)4-2-3-5-15)12-7-11-9(6-10(12)16)13(19)14(20)17-11/h6-7,21H,2-5,8H2,1H3,(H,17,19,20). The van der Waals surface area contributed by atoms with E-state index >= 15 is 0 Å². The van der Waals surface area contributed by atoms with Gasteiger partial charge in [0.2, 0.25) is 0 Å². The van der Waals surface area contributed by atoms with Crippen LogP contribution in [0.15, 0.2) is 12.1 Å². The van der Waals surface area contributed by atoms with Gasteiger partial charge in [-0.3, -0.25) is 9.59 Å². The van der Waals surface area contributed by atoms with Crippen molar-refractivity contribution in [3.63, 3.8) is 0 Å². The molecule has 112 valence electrons. The third kappa shape index (κ3) is 2.40. The van der Waals surface area contributed by atoms with E-state index in [0.717, 1.165) is 18.9 Å². The molecule has 1 amide bonds. The molecule has 21 heavy (non-hydrogen) atoms. The molecule has 0 bridgehead atoms. The van der Waals surface area contributed by atoms with Gasteiger partial charge >= 0.3 is 0 Å². The van der Waals surface area contributed by atoms with Crippen LogP contribution in [0.4, 0.5) is 15.8 Å². The van der Waals surface area contributed by atoms with E-state index in [-0.39, 0.29) is 11.3 Å². The largest absolute Gasteiger partial charge is 0.388 e. The molecular formula is C15H17FN2O3. The second-order valence-corrected chi connectivity index (χ2v) is 5.92. The van der Waals surface area contributed by atoms with Gasteiger partial charge in [0.1, 0.15) is 5.82 Å². The number of Topliss-reactive ketones (excluding diaryl/α,β-unsaturated/α-hetero) is 1. The molecule has 3 rings (SSSR count). The van der Waals surface area contributed by atoms with Crippen molar-refractivity contribution in [3.05, 3.63) is 23.5 Å². The van der Waals surface area contributed by atoms with E-state index in [1.54, 1.807) is 11.9 Å². The Morgan fingerprint density at radius 1 is 1.33 bits per heavy atom. The molecule has 2 N–H and O–H groups in total. The van der Waals surface area contributed by atoms with E-state index in [9.17, 15) is 19.1 Å². The van der Waals surface area contributed by atoms with Crippen LogP contribution in [0.5, 0.6) is 0 Å². The smallest absolute Gasteiger partial charge is 0.296 e. The molecule has 1 aliphatic heterocycles. The molecule has 0 aromatic heterocycles. The second-order valence-electron chi connectivity index (χ2n) is 5.92. The van der Waals surface area contributed by atoms with E-state index in [0.29, 0.717) is 25.1 Å². The number of hydrogen-bond acceptors (Lipinski definition) is 4. The molecule has 0 radical (unpaired) electrons. The van der Waals surface area contributed by atoms with Crippen molar-refractivity contribution in [3.8, 4) is 0 Å². The van der Waals surface area contributed by atoms with Crippen LogP contribution >= 0.6 is 0 Å². The predicted molar refractivity (Wildman–Crippen MR) is 76.0 cm³/mol. The number of carbonyl (C=O) groups is 2. The van der Waals surface area contributed by atoms with Gasteiger partial charge in [-0.15, -0.1) is 0 Å². The summed E-state index contributed by atoms with van der Waals surface area (Å²) in [4.78, 5) is 24.5. The number of amides is 1. The van der Waals surface area contributed by atoms with Crippen LogP contribution in [0.25, 0.3) is 0 Å². The highest BCUT2D eigenvalue weighted by Gasteiger charge is 2.34. The molecule has 2 aliphatic rings. The third-order valence-corrected chi connectivity index (χ3v) is 4.26. The third-order valence-electron chi connectivity index (χ3n) is 4.26. The lowest BCUT2D eigenvalue weighted by atomic mass is 10.0. The predicted octanol–water partition coefficient (Wildman–Crippen LogP) is 1.70. The zero-order chi connectivity index (χ0) is 15.2. The maximum atomic E-state index is 14.2. The second kappa shape index (κ2) is 4.80. The molecule has 1 fully saturated rings. The number of fused-ring (bicyclic) bond motifs is 1. The molecule has 1 aromatic carbocycles. The van der Waals surface area contributed by atoms with Crippen molar-refractivity contribution in [2.45, 2.75) is 31.3 Å². The number of likely N-dealkylation sites (N-methyl/N-ethyl adjacent to an activating group) is 1. The summed E-state index contributed by atoms with van der Waals surface area (Å²) in [6.45, 7) is 0.324. The zero-order valence-corrected chi connectivity index (χ0v) is 11.8. The Morgan fingerprint density at radius 2 is 2.00 bits per heavy atom. The quantitative estimate of drug-likeness (QED) is 0.832. The number of benzene rings is 1. The molecule has 0 atom stereocenters. The van der Waals surface area contributed by atoms with Gasteiger partial charge in [-0.25, -0.2) is 4.39 Å². The number of rotatable bonds is 3. The van der Waals surface area contributed by atoms with Crippen LogP contribution in [-0.4, -0.2) is 36.0 Å². The van der Waals surface area contributed by atoms with Crippen LogP contribution < -0.4 is 10.2 Å². The van der Waals surface area contributed by atoms with E-state index < -0.39 is 23.1 Å². The minimum absolute atomic E-state index is 0.0641. The Morgan fingerprint density at radius 3 is 2.67 bits per heavy atom. The van der Waals surface area contributed by atoms with Gasteiger partial charge in [-0.1, -0.05) is 12.8 Å². The number of hydrogen-bond donors (Lipinski definition) is 2. The minimum atomic E-state index is -0.792. The highest BCUT2D eigenvalue weighted by Crippen LogP contribution is 2.34. The van der Waals surface area contributed by atoms with E-state index in [1.165, 1.54) is 6.07 Å². The summed E-state index contributed by atoms with van der Waals surface area (Å²) in [5, 5.41) is 12.8. The first-order valence-electron chi connectivity index (χ1n) is 7.02. The molecule has 0 saturated heterocycles.